The number of nitrogens with one attached hydrogen (secondary N) is 1. The van der Waals surface area contributed by atoms with Crippen molar-refractivity contribution < 1.29 is 14.7 Å². The Kier molecular flexibility index (Phi) is 5.25. The van der Waals surface area contributed by atoms with E-state index in [-0.39, 0.29) is 6.54 Å². The summed E-state index contributed by atoms with van der Waals surface area (Å²) < 4.78 is 0. The van der Waals surface area contributed by atoms with Gasteiger partial charge in [0, 0.05) is 14.1 Å². The summed E-state index contributed by atoms with van der Waals surface area (Å²) in [7, 11) is 3.56. The fraction of sp³-hybridized carbons (Fsp3) is 0.571. The van der Waals surface area contributed by atoms with Crippen molar-refractivity contribution in [2.24, 2.45) is 4.99 Å². The number of carboxylic acid groups (broad SMARTS) is 1. The minimum absolute atomic E-state index is 0.119. The van der Waals surface area contributed by atoms with Crippen LogP contribution in [0.25, 0.3) is 0 Å². The van der Waals surface area contributed by atoms with Gasteiger partial charge in [0.2, 0.25) is 0 Å². The van der Waals surface area contributed by atoms with E-state index in [4.69, 9.17) is 5.11 Å². The van der Waals surface area contributed by atoms with E-state index in [9.17, 15) is 9.59 Å². The van der Waals surface area contributed by atoms with Gasteiger partial charge in [-0.05, 0) is 0 Å². The molecule has 0 aromatic rings. The molecule has 6 heteroatoms. The molecule has 0 fully saturated rings. The molecule has 6 nitrogen and oxygen atoms in total. The zero-order valence-corrected chi connectivity index (χ0v) is 7.60. The van der Waals surface area contributed by atoms with Gasteiger partial charge in [0.05, 0.1) is 12.9 Å². The molecule has 0 rings (SSSR count). The Balaban J connectivity index is 3.85. The maximum Gasteiger partial charge on any atom is 0.405 e. The summed E-state index contributed by atoms with van der Waals surface area (Å²) in [4.78, 5) is 26.0. The topological polar surface area (TPSA) is 82.0 Å². The lowest BCUT2D eigenvalue weighted by Gasteiger charge is -2.07. The molecule has 1 unspecified atom stereocenters. The van der Waals surface area contributed by atoms with Crippen molar-refractivity contribution in [3.63, 3.8) is 0 Å². The standard InChI is InChI=1S/C7H13N3O3/c1-10(2)5-8-3-6(4-11)9-7(12)13/h4-6,9H,3H2,1-2H3,(H,12,13). The van der Waals surface area contributed by atoms with Gasteiger partial charge >= 0.3 is 6.09 Å². The largest absolute Gasteiger partial charge is 0.465 e. The third-order valence-corrected chi connectivity index (χ3v) is 1.09. The van der Waals surface area contributed by atoms with Crippen LogP contribution in [0.1, 0.15) is 0 Å². The number of amides is 1. The fourth-order valence-corrected chi connectivity index (χ4v) is 0.605. The molecule has 0 spiro atoms. The molecule has 0 radical (unpaired) electrons. The number of carbonyl (C=O) groups excluding carboxylic acids is 1. The number of hydrogen-bond acceptors (Lipinski definition) is 3. The Labute approximate surface area is 76.3 Å². The van der Waals surface area contributed by atoms with E-state index in [1.54, 1.807) is 19.0 Å². The normalized spacial score (nSPS) is 12.5. The zero-order valence-electron chi connectivity index (χ0n) is 7.60. The summed E-state index contributed by atoms with van der Waals surface area (Å²) in [6.45, 7) is 0.119. The average molecular weight is 187 g/mol. The van der Waals surface area contributed by atoms with Gasteiger partial charge in [-0.2, -0.15) is 0 Å². The van der Waals surface area contributed by atoms with Crippen LogP contribution in [0.2, 0.25) is 0 Å². The second-order valence-corrected chi connectivity index (χ2v) is 2.64. The van der Waals surface area contributed by atoms with Crippen molar-refractivity contribution in [1.82, 2.24) is 10.2 Å². The maximum absolute atomic E-state index is 10.3. The molecule has 0 aromatic heterocycles. The molecule has 0 aromatic carbocycles. The van der Waals surface area contributed by atoms with Crippen LogP contribution in [0.4, 0.5) is 4.79 Å². The van der Waals surface area contributed by atoms with Crippen molar-refractivity contribution in [3.8, 4) is 0 Å². The minimum Gasteiger partial charge on any atom is -0.465 e. The molecule has 1 amide bonds. The first-order valence-electron chi connectivity index (χ1n) is 3.67. The van der Waals surface area contributed by atoms with Crippen molar-refractivity contribution in [2.45, 2.75) is 6.04 Å². The summed E-state index contributed by atoms with van der Waals surface area (Å²) in [6, 6.07) is -0.770. The molecule has 74 valence electrons. The summed E-state index contributed by atoms with van der Waals surface area (Å²) in [5, 5.41) is 10.3. The fourth-order valence-electron chi connectivity index (χ4n) is 0.605. The highest BCUT2D eigenvalue weighted by molar-refractivity contribution is 5.71. The Morgan fingerprint density at radius 3 is 2.69 bits per heavy atom. The van der Waals surface area contributed by atoms with Gasteiger partial charge in [-0.1, -0.05) is 0 Å². The molecule has 0 aliphatic rings. The van der Waals surface area contributed by atoms with E-state index in [2.05, 4.69) is 4.99 Å². The smallest absolute Gasteiger partial charge is 0.405 e. The number of rotatable bonds is 5. The minimum atomic E-state index is -1.22. The Morgan fingerprint density at radius 2 is 2.31 bits per heavy atom. The van der Waals surface area contributed by atoms with Crippen molar-refractivity contribution in [2.75, 3.05) is 20.6 Å². The predicted molar refractivity (Wildman–Crippen MR) is 48.1 cm³/mol. The van der Waals surface area contributed by atoms with E-state index in [1.165, 1.54) is 6.34 Å². The number of carbonyl (C=O) groups is 2. The van der Waals surface area contributed by atoms with Gasteiger partial charge in [-0.25, -0.2) is 4.79 Å². The number of hydrogen-bond donors (Lipinski definition) is 2. The van der Waals surface area contributed by atoms with E-state index < -0.39 is 12.1 Å². The summed E-state index contributed by atoms with van der Waals surface area (Å²) in [5.41, 5.74) is 0. The summed E-state index contributed by atoms with van der Waals surface area (Å²) in [6.07, 6.45) is 0.804. The first-order valence-corrected chi connectivity index (χ1v) is 3.67. The monoisotopic (exact) mass is 187 g/mol. The van der Waals surface area contributed by atoms with Crippen LogP contribution in [0.3, 0.4) is 0 Å². The molecular weight excluding hydrogens is 174 g/mol. The van der Waals surface area contributed by atoms with Gasteiger partial charge in [0.15, 0.2) is 0 Å². The summed E-state index contributed by atoms with van der Waals surface area (Å²) in [5.74, 6) is 0. The highest BCUT2D eigenvalue weighted by Gasteiger charge is 2.07. The Bertz CT molecular complexity index is 203. The van der Waals surface area contributed by atoms with Crippen molar-refractivity contribution >= 4 is 18.7 Å². The molecule has 0 aliphatic heterocycles. The average Bonchev–Trinajstić information content (AvgIpc) is 2.01. The van der Waals surface area contributed by atoms with E-state index in [0.29, 0.717) is 6.29 Å². The SMILES string of the molecule is CN(C)C=NCC(C=O)NC(=O)O. The number of aldehydes is 1. The van der Waals surface area contributed by atoms with Gasteiger partial charge < -0.3 is 20.1 Å². The highest BCUT2D eigenvalue weighted by Crippen LogP contribution is 1.81. The van der Waals surface area contributed by atoms with Crippen LogP contribution >= 0.6 is 0 Å². The predicted octanol–water partition coefficient (Wildman–Crippen LogP) is -0.589. The molecule has 0 saturated carbocycles. The van der Waals surface area contributed by atoms with Crippen LogP contribution in [-0.2, 0) is 4.79 Å². The Morgan fingerprint density at radius 1 is 1.69 bits per heavy atom. The maximum atomic E-state index is 10.3. The van der Waals surface area contributed by atoms with Crippen LogP contribution in [0.5, 0.6) is 0 Å². The van der Waals surface area contributed by atoms with Crippen LogP contribution in [0, 0.1) is 0 Å². The molecule has 0 heterocycles. The number of nitrogens with zero attached hydrogens (tertiary/aromatic N) is 2. The molecule has 1 atom stereocenters. The van der Waals surface area contributed by atoms with Crippen LogP contribution in [-0.4, -0.2) is 55.4 Å². The van der Waals surface area contributed by atoms with Gasteiger partial charge in [0.1, 0.15) is 12.3 Å². The van der Waals surface area contributed by atoms with Crippen molar-refractivity contribution in [1.29, 1.82) is 0 Å². The van der Waals surface area contributed by atoms with Crippen LogP contribution in [0.15, 0.2) is 4.99 Å². The molecule has 0 bridgehead atoms. The lowest BCUT2D eigenvalue weighted by molar-refractivity contribution is -0.109. The van der Waals surface area contributed by atoms with Gasteiger partial charge in [-0.3, -0.25) is 4.99 Å². The zero-order chi connectivity index (χ0) is 10.3. The molecule has 0 aliphatic carbocycles. The lowest BCUT2D eigenvalue weighted by atomic mass is 10.3. The van der Waals surface area contributed by atoms with Gasteiger partial charge in [0.25, 0.3) is 0 Å². The third-order valence-electron chi connectivity index (χ3n) is 1.09. The van der Waals surface area contributed by atoms with E-state index in [1.807, 2.05) is 5.32 Å². The Hall–Kier alpha value is -1.59. The highest BCUT2D eigenvalue weighted by atomic mass is 16.4. The van der Waals surface area contributed by atoms with Crippen LogP contribution < -0.4 is 5.32 Å². The molecule has 2 N–H and O–H groups in total. The molecule has 0 saturated heterocycles. The molecular formula is C7H13N3O3. The van der Waals surface area contributed by atoms with Crippen molar-refractivity contribution in [3.05, 3.63) is 0 Å². The third kappa shape index (κ3) is 6.79. The first kappa shape index (κ1) is 11.4. The summed E-state index contributed by atoms with van der Waals surface area (Å²) >= 11 is 0. The van der Waals surface area contributed by atoms with E-state index >= 15 is 0 Å². The first-order chi connectivity index (χ1) is 6.06. The number of aliphatic imine (C=N–C) groups is 1. The lowest BCUT2D eigenvalue weighted by Crippen LogP contribution is -2.37. The van der Waals surface area contributed by atoms with Gasteiger partial charge in [-0.15, -0.1) is 0 Å². The molecule has 13 heavy (non-hydrogen) atoms. The second kappa shape index (κ2) is 5.99. The second-order valence-electron chi connectivity index (χ2n) is 2.64. The quantitative estimate of drug-likeness (QED) is 0.342. The van der Waals surface area contributed by atoms with E-state index in [0.717, 1.165) is 0 Å².